The lowest BCUT2D eigenvalue weighted by molar-refractivity contribution is -0.143. The molecule has 0 radical (unpaired) electrons. The summed E-state index contributed by atoms with van der Waals surface area (Å²) >= 11 is 0. The Kier molecular flexibility index (Phi) is 6.96. The van der Waals surface area contributed by atoms with E-state index in [1.807, 2.05) is 11.0 Å². The molecule has 2 aliphatic carbocycles. The number of fused-ring (bicyclic) bond motifs is 1. The molecule has 2 aromatic heterocycles. The van der Waals surface area contributed by atoms with Crippen LogP contribution in [0.4, 0.5) is 4.39 Å². The van der Waals surface area contributed by atoms with Crippen molar-refractivity contribution >= 4 is 5.97 Å². The standard InChI is InChI=1S/C28H36FN3O2/c29-28(15-5-1-2-8-22-14-13-20-7-3-4-10-24(20)31-22)16-18-32(19-28)26(27(33)34)23-9-6-17-30-25(23)21-11-12-21/h6,9,13-14,17,21,26H,1-5,7-8,10-12,15-16,18-19H2,(H,33,34). The number of pyridine rings is 2. The predicted molar refractivity (Wildman–Crippen MR) is 130 cm³/mol. The summed E-state index contributed by atoms with van der Waals surface area (Å²) in [5.41, 5.74) is 4.19. The van der Waals surface area contributed by atoms with Crippen LogP contribution in [0.15, 0.2) is 30.5 Å². The van der Waals surface area contributed by atoms with Crippen LogP contribution in [0.2, 0.25) is 0 Å². The number of carboxylic acid groups (broad SMARTS) is 1. The number of alkyl halides is 1. The van der Waals surface area contributed by atoms with Crippen LogP contribution in [-0.2, 0) is 24.1 Å². The molecule has 34 heavy (non-hydrogen) atoms. The molecule has 6 heteroatoms. The molecule has 1 saturated carbocycles. The Balaban J connectivity index is 1.12. The second kappa shape index (κ2) is 10.1. The molecule has 1 N–H and O–H groups in total. The van der Waals surface area contributed by atoms with E-state index in [1.54, 1.807) is 12.3 Å². The Hall–Kier alpha value is -2.34. The Labute approximate surface area is 201 Å². The first-order valence-electron chi connectivity index (χ1n) is 13.1. The largest absolute Gasteiger partial charge is 0.480 e. The second-order valence-electron chi connectivity index (χ2n) is 10.5. The molecule has 1 saturated heterocycles. The molecule has 182 valence electrons. The molecule has 3 heterocycles. The molecule has 5 nitrogen and oxygen atoms in total. The van der Waals surface area contributed by atoms with Gasteiger partial charge in [-0.2, -0.15) is 0 Å². The normalized spacial score (nSPS) is 23.6. The first-order valence-corrected chi connectivity index (χ1v) is 13.1. The summed E-state index contributed by atoms with van der Waals surface area (Å²) in [5.74, 6) is -0.544. The van der Waals surface area contributed by atoms with E-state index in [0.29, 0.717) is 25.3 Å². The van der Waals surface area contributed by atoms with Crippen molar-refractivity contribution in [3.05, 3.63) is 58.7 Å². The maximum atomic E-state index is 15.6. The smallest absolute Gasteiger partial charge is 0.325 e. The molecule has 0 bridgehead atoms. The van der Waals surface area contributed by atoms with Gasteiger partial charge in [0.1, 0.15) is 11.7 Å². The van der Waals surface area contributed by atoms with Gasteiger partial charge in [0.25, 0.3) is 0 Å². The molecule has 5 rings (SSSR count). The fraction of sp³-hybridized carbons (Fsp3) is 0.607. The lowest BCUT2D eigenvalue weighted by atomic mass is 9.95. The minimum absolute atomic E-state index is 0.190. The zero-order chi connectivity index (χ0) is 23.5. The van der Waals surface area contributed by atoms with E-state index in [4.69, 9.17) is 4.98 Å². The predicted octanol–water partition coefficient (Wildman–Crippen LogP) is 5.58. The lowest BCUT2D eigenvalue weighted by Gasteiger charge is -2.27. The number of aromatic nitrogens is 2. The highest BCUT2D eigenvalue weighted by atomic mass is 19.1. The maximum Gasteiger partial charge on any atom is 0.325 e. The van der Waals surface area contributed by atoms with Crippen LogP contribution < -0.4 is 0 Å². The van der Waals surface area contributed by atoms with Crippen molar-refractivity contribution < 1.29 is 14.3 Å². The quantitative estimate of drug-likeness (QED) is 0.464. The summed E-state index contributed by atoms with van der Waals surface area (Å²) in [6.45, 7) is 0.668. The molecule has 3 aliphatic rings. The maximum absolute atomic E-state index is 15.6. The van der Waals surface area contributed by atoms with Gasteiger partial charge in [-0.15, -0.1) is 0 Å². The summed E-state index contributed by atoms with van der Waals surface area (Å²) in [4.78, 5) is 23.4. The average Bonchev–Trinajstić information content (AvgIpc) is 3.61. The van der Waals surface area contributed by atoms with Crippen LogP contribution in [0.5, 0.6) is 0 Å². The molecule has 2 atom stereocenters. The van der Waals surface area contributed by atoms with Crippen molar-refractivity contribution in [1.29, 1.82) is 0 Å². The summed E-state index contributed by atoms with van der Waals surface area (Å²) in [5, 5.41) is 10.0. The van der Waals surface area contributed by atoms with E-state index in [2.05, 4.69) is 17.1 Å². The lowest BCUT2D eigenvalue weighted by Crippen LogP contribution is -2.36. The highest BCUT2D eigenvalue weighted by Crippen LogP contribution is 2.44. The van der Waals surface area contributed by atoms with E-state index in [9.17, 15) is 9.90 Å². The SMILES string of the molecule is O=C(O)C(c1cccnc1C1CC1)N1CCC(F)(CCCCCc2ccc3c(n2)CCCC3)C1. The highest BCUT2D eigenvalue weighted by molar-refractivity contribution is 5.76. The van der Waals surface area contributed by atoms with E-state index in [0.717, 1.165) is 68.3 Å². The number of likely N-dealkylation sites (tertiary alicyclic amines) is 1. The van der Waals surface area contributed by atoms with Gasteiger partial charge in [-0.05, 0) is 81.9 Å². The van der Waals surface area contributed by atoms with Crippen LogP contribution in [-0.4, -0.2) is 44.7 Å². The minimum atomic E-state index is -1.31. The van der Waals surface area contributed by atoms with Crippen molar-refractivity contribution in [1.82, 2.24) is 14.9 Å². The third kappa shape index (κ3) is 5.32. The van der Waals surface area contributed by atoms with Gasteiger partial charge in [0.2, 0.25) is 0 Å². The molecule has 0 aromatic carbocycles. The number of aryl methyl sites for hydroxylation is 3. The van der Waals surface area contributed by atoms with Gasteiger partial charge < -0.3 is 5.11 Å². The number of hydrogen-bond acceptors (Lipinski definition) is 4. The van der Waals surface area contributed by atoms with Crippen LogP contribution >= 0.6 is 0 Å². The molecule has 1 aliphatic heterocycles. The van der Waals surface area contributed by atoms with Crippen LogP contribution in [0, 0.1) is 0 Å². The third-order valence-corrected chi connectivity index (χ3v) is 7.86. The minimum Gasteiger partial charge on any atom is -0.480 e. The van der Waals surface area contributed by atoms with E-state index >= 15 is 4.39 Å². The monoisotopic (exact) mass is 465 g/mol. The Morgan fingerprint density at radius 3 is 2.85 bits per heavy atom. The van der Waals surface area contributed by atoms with Crippen molar-refractivity contribution in [3.8, 4) is 0 Å². The molecule has 2 fully saturated rings. The number of nitrogens with zero attached hydrogens (tertiary/aromatic N) is 3. The topological polar surface area (TPSA) is 66.3 Å². The number of rotatable bonds is 10. The van der Waals surface area contributed by atoms with Crippen molar-refractivity contribution in [2.24, 2.45) is 0 Å². The number of carbonyl (C=O) groups is 1. The molecule has 0 amide bonds. The zero-order valence-corrected chi connectivity index (χ0v) is 20.0. The summed E-state index contributed by atoms with van der Waals surface area (Å²) in [6.07, 6.45) is 13.3. The van der Waals surface area contributed by atoms with Gasteiger partial charge in [0.15, 0.2) is 0 Å². The summed E-state index contributed by atoms with van der Waals surface area (Å²) in [6, 6.07) is 7.27. The first-order chi connectivity index (χ1) is 16.5. The Bertz CT molecular complexity index is 1020. The van der Waals surface area contributed by atoms with E-state index < -0.39 is 17.7 Å². The summed E-state index contributed by atoms with van der Waals surface area (Å²) in [7, 11) is 0. The number of hydrogen-bond donors (Lipinski definition) is 1. The van der Waals surface area contributed by atoms with Gasteiger partial charge in [0.05, 0.1) is 0 Å². The second-order valence-corrected chi connectivity index (χ2v) is 10.5. The van der Waals surface area contributed by atoms with Gasteiger partial charge in [0, 0.05) is 47.8 Å². The third-order valence-electron chi connectivity index (χ3n) is 7.86. The molecule has 2 aromatic rings. The fourth-order valence-corrected chi connectivity index (χ4v) is 5.83. The zero-order valence-electron chi connectivity index (χ0n) is 20.0. The van der Waals surface area contributed by atoms with Crippen LogP contribution in [0.25, 0.3) is 0 Å². The number of aliphatic carboxylic acids is 1. The molecular formula is C28H36FN3O2. The highest BCUT2D eigenvalue weighted by Gasteiger charge is 2.44. The van der Waals surface area contributed by atoms with Crippen molar-refractivity contribution in [2.75, 3.05) is 13.1 Å². The van der Waals surface area contributed by atoms with Gasteiger partial charge in [-0.3, -0.25) is 19.7 Å². The number of halogens is 1. The average molecular weight is 466 g/mol. The van der Waals surface area contributed by atoms with Crippen LogP contribution in [0.3, 0.4) is 0 Å². The Morgan fingerprint density at radius 2 is 2.03 bits per heavy atom. The molecular weight excluding hydrogens is 429 g/mol. The van der Waals surface area contributed by atoms with Gasteiger partial charge in [-0.1, -0.05) is 25.0 Å². The van der Waals surface area contributed by atoms with Gasteiger partial charge in [-0.25, -0.2) is 4.39 Å². The number of carboxylic acids is 1. The van der Waals surface area contributed by atoms with Crippen molar-refractivity contribution in [2.45, 2.75) is 94.7 Å². The number of unbranched alkanes of at least 4 members (excludes halogenated alkanes) is 2. The van der Waals surface area contributed by atoms with Crippen LogP contribution in [0.1, 0.15) is 98.0 Å². The first kappa shape index (κ1) is 23.4. The summed E-state index contributed by atoms with van der Waals surface area (Å²) < 4.78 is 15.6. The van der Waals surface area contributed by atoms with E-state index in [1.165, 1.54) is 24.1 Å². The fourth-order valence-electron chi connectivity index (χ4n) is 5.83. The molecule has 2 unspecified atom stereocenters. The van der Waals surface area contributed by atoms with E-state index in [-0.39, 0.29) is 6.54 Å². The van der Waals surface area contributed by atoms with Gasteiger partial charge >= 0.3 is 5.97 Å². The molecule has 0 spiro atoms. The van der Waals surface area contributed by atoms with Crippen molar-refractivity contribution in [3.63, 3.8) is 0 Å². The Morgan fingerprint density at radius 1 is 1.18 bits per heavy atom.